The van der Waals surface area contributed by atoms with Gasteiger partial charge in [-0.15, -0.1) is 0 Å². The molecule has 0 aliphatic heterocycles. The Morgan fingerprint density at radius 1 is 0.893 bits per heavy atom. The van der Waals surface area contributed by atoms with E-state index in [4.69, 9.17) is 4.74 Å². The fraction of sp³-hybridized carbons (Fsp3) is 0.400. The summed E-state index contributed by atoms with van der Waals surface area (Å²) in [6.07, 6.45) is 14.2. The van der Waals surface area contributed by atoms with E-state index in [-0.39, 0.29) is 0 Å². The van der Waals surface area contributed by atoms with Crippen molar-refractivity contribution in [3.05, 3.63) is 72.2 Å². The molecular formula is C25H30N2O. The van der Waals surface area contributed by atoms with E-state index in [1.807, 2.05) is 24.4 Å². The van der Waals surface area contributed by atoms with Gasteiger partial charge in [0, 0.05) is 12.0 Å². The molecule has 146 valence electrons. The number of ether oxygens (including phenoxy) is 1. The average Bonchev–Trinajstić information content (AvgIpc) is 3.29. The van der Waals surface area contributed by atoms with Gasteiger partial charge in [-0.05, 0) is 42.0 Å². The van der Waals surface area contributed by atoms with Crippen LogP contribution in [0.15, 0.2) is 61.1 Å². The van der Waals surface area contributed by atoms with Crippen LogP contribution >= 0.6 is 0 Å². The van der Waals surface area contributed by atoms with Crippen LogP contribution in [0.2, 0.25) is 0 Å². The molecule has 0 atom stereocenters. The zero-order valence-electron chi connectivity index (χ0n) is 16.6. The quantitative estimate of drug-likeness (QED) is 0.509. The monoisotopic (exact) mass is 374 g/mol. The number of nitrogens with zero attached hydrogens (tertiary/aromatic N) is 1. The zero-order valence-corrected chi connectivity index (χ0v) is 16.6. The van der Waals surface area contributed by atoms with E-state index in [1.165, 1.54) is 56.1 Å². The molecule has 1 saturated carbocycles. The third kappa shape index (κ3) is 5.03. The smallest absolute Gasteiger partial charge is 0.128 e. The molecule has 0 radical (unpaired) electrons. The molecule has 4 rings (SSSR count). The first-order valence-electron chi connectivity index (χ1n) is 10.7. The van der Waals surface area contributed by atoms with Gasteiger partial charge in [-0.2, -0.15) is 0 Å². The summed E-state index contributed by atoms with van der Waals surface area (Å²) in [6.45, 7) is 0.673. The van der Waals surface area contributed by atoms with Gasteiger partial charge in [-0.1, -0.05) is 68.5 Å². The third-order valence-corrected chi connectivity index (χ3v) is 5.91. The normalized spacial score (nSPS) is 14.9. The van der Waals surface area contributed by atoms with Crippen LogP contribution in [-0.2, 0) is 12.8 Å². The predicted octanol–water partition coefficient (Wildman–Crippen LogP) is 6.21. The molecule has 3 heteroatoms. The largest absolute Gasteiger partial charge is 0.493 e. The highest BCUT2D eigenvalue weighted by Gasteiger charge is 2.13. The van der Waals surface area contributed by atoms with E-state index >= 15 is 0 Å². The highest BCUT2D eigenvalue weighted by Crippen LogP contribution is 2.29. The minimum Gasteiger partial charge on any atom is -0.493 e. The summed E-state index contributed by atoms with van der Waals surface area (Å²) in [5.74, 6) is 1.85. The fourth-order valence-corrected chi connectivity index (χ4v) is 4.22. The fourth-order valence-electron chi connectivity index (χ4n) is 4.22. The van der Waals surface area contributed by atoms with Gasteiger partial charge < -0.3 is 9.72 Å². The van der Waals surface area contributed by atoms with Crippen LogP contribution in [0.4, 0.5) is 0 Å². The summed E-state index contributed by atoms with van der Waals surface area (Å²) in [4.78, 5) is 7.26. The Hall–Kier alpha value is -2.55. The third-order valence-electron chi connectivity index (χ3n) is 5.91. The topological polar surface area (TPSA) is 37.9 Å². The first-order valence-corrected chi connectivity index (χ1v) is 10.7. The van der Waals surface area contributed by atoms with Crippen molar-refractivity contribution in [3.63, 3.8) is 0 Å². The molecule has 28 heavy (non-hydrogen) atoms. The van der Waals surface area contributed by atoms with Crippen LogP contribution in [-0.4, -0.2) is 16.6 Å². The van der Waals surface area contributed by atoms with Crippen molar-refractivity contribution in [2.24, 2.45) is 5.92 Å². The Bertz CT molecular complexity index is 833. The van der Waals surface area contributed by atoms with E-state index in [9.17, 15) is 0 Å². The number of para-hydroxylation sites is 1. The van der Waals surface area contributed by atoms with Crippen molar-refractivity contribution >= 4 is 0 Å². The molecule has 1 N–H and O–H groups in total. The van der Waals surface area contributed by atoms with Gasteiger partial charge in [0.25, 0.3) is 0 Å². The number of H-pyrrole nitrogens is 1. The maximum Gasteiger partial charge on any atom is 0.128 e. The highest BCUT2D eigenvalue weighted by molar-refractivity contribution is 5.66. The molecule has 0 saturated heterocycles. The van der Waals surface area contributed by atoms with Crippen molar-refractivity contribution in [1.82, 2.24) is 9.97 Å². The molecule has 1 heterocycles. The predicted molar refractivity (Wildman–Crippen MR) is 115 cm³/mol. The minimum absolute atomic E-state index is 0.673. The van der Waals surface area contributed by atoms with Crippen LogP contribution in [0.5, 0.6) is 5.75 Å². The Balaban J connectivity index is 1.26. The lowest BCUT2D eigenvalue weighted by molar-refractivity contribution is 0.323. The van der Waals surface area contributed by atoms with E-state index in [0.717, 1.165) is 29.3 Å². The number of aromatic nitrogens is 2. The van der Waals surface area contributed by atoms with Crippen molar-refractivity contribution in [3.8, 4) is 17.0 Å². The molecule has 0 unspecified atom stereocenters. The number of hydrogen-bond acceptors (Lipinski definition) is 2. The van der Waals surface area contributed by atoms with Gasteiger partial charge >= 0.3 is 0 Å². The van der Waals surface area contributed by atoms with Crippen LogP contribution in [0.1, 0.15) is 49.7 Å². The number of aromatic amines is 1. The average molecular weight is 375 g/mol. The van der Waals surface area contributed by atoms with Crippen LogP contribution in [0.3, 0.4) is 0 Å². The van der Waals surface area contributed by atoms with Crippen molar-refractivity contribution in [2.75, 3.05) is 6.61 Å². The molecule has 2 aromatic carbocycles. The van der Waals surface area contributed by atoms with Crippen LogP contribution < -0.4 is 4.74 Å². The van der Waals surface area contributed by atoms with Gasteiger partial charge in [-0.25, -0.2) is 4.98 Å². The van der Waals surface area contributed by atoms with E-state index in [1.54, 1.807) is 6.33 Å². The summed E-state index contributed by atoms with van der Waals surface area (Å²) in [7, 11) is 0. The van der Waals surface area contributed by atoms with Gasteiger partial charge in [0.1, 0.15) is 5.75 Å². The SMILES string of the molecule is c1ccc(-c2cnc[nH]2)c(OCCc2ccc(CCC3CCCCC3)cc2)c1. The standard InChI is InChI=1S/C25H30N2O/c1-2-6-20(7-3-1)10-11-21-12-14-22(15-13-21)16-17-28-25-9-5-4-8-23(25)24-18-26-19-27-24/h4-5,8-9,12-15,18-20H,1-3,6-7,10-11,16-17H2,(H,26,27). The molecule has 1 aliphatic carbocycles. The van der Waals surface area contributed by atoms with Crippen LogP contribution in [0.25, 0.3) is 11.3 Å². The second-order valence-electron chi connectivity index (χ2n) is 7.92. The van der Waals surface area contributed by atoms with Crippen molar-refractivity contribution in [1.29, 1.82) is 0 Å². The second-order valence-corrected chi connectivity index (χ2v) is 7.92. The van der Waals surface area contributed by atoms with Crippen molar-refractivity contribution in [2.45, 2.75) is 51.4 Å². The zero-order chi connectivity index (χ0) is 19.0. The van der Waals surface area contributed by atoms with Gasteiger partial charge in [0.05, 0.1) is 24.8 Å². The summed E-state index contributed by atoms with van der Waals surface area (Å²) in [5, 5.41) is 0. The first kappa shape index (κ1) is 18.8. The van der Waals surface area contributed by atoms with Crippen LogP contribution in [0, 0.1) is 5.92 Å². The summed E-state index contributed by atoms with van der Waals surface area (Å²) in [5.41, 5.74) is 4.84. The molecule has 1 aromatic heterocycles. The molecule has 0 amide bonds. The van der Waals surface area contributed by atoms with Crippen molar-refractivity contribution < 1.29 is 4.74 Å². The van der Waals surface area contributed by atoms with Gasteiger partial charge in [-0.3, -0.25) is 0 Å². The number of aryl methyl sites for hydroxylation is 1. The molecule has 1 fully saturated rings. The van der Waals surface area contributed by atoms with E-state index < -0.39 is 0 Å². The second kappa shape index (κ2) is 9.59. The molecule has 3 nitrogen and oxygen atoms in total. The lowest BCUT2D eigenvalue weighted by atomic mass is 9.85. The molecule has 1 aliphatic rings. The molecule has 3 aromatic rings. The highest BCUT2D eigenvalue weighted by atomic mass is 16.5. The Morgan fingerprint density at radius 3 is 2.39 bits per heavy atom. The molecular weight excluding hydrogens is 344 g/mol. The van der Waals surface area contributed by atoms with Gasteiger partial charge in [0.2, 0.25) is 0 Å². The number of nitrogens with one attached hydrogen (secondary N) is 1. The maximum atomic E-state index is 6.07. The Labute approximate surface area is 168 Å². The lowest BCUT2D eigenvalue weighted by Crippen LogP contribution is -2.07. The number of benzene rings is 2. The summed E-state index contributed by atoms with van der Waals surface area (Å²) in [6, 6.07) is 17.2. The van der Waals surface area contributed by atoms with E-state index in [0.29, 0.717) is 6.61 Å². The number of imidazole rings is 1. The molecule has 0 bridgehead atoms. The number of rotatable bonds is 8. The summed E-state index contributed by atoms with van der Waals surface area (Å²) < 4.78 is 6.07. The Kier molecular flexibility index (Phi) is 6.44. The van der Waals surface area contributed by atoms with E-state index in [2.05, 4.69) is 40.3 Å². The maximum absolute atomic E-state index is 6.07. The molecule has 0 spiro atoms. The Morgan fingerprint density at radius 2 is 1.64 bits per heavy atom. The minimum atomic E-state index is 0.673. The van der Waals surface area contributed by atoms with Gasteiger partial charge in [0.15, 0.2) is 0 Å². The lowest BCUT2D eigenvalue weighted by Gasteiger charge is -2.21. The first-order chi connectivity index (χ1) is 13.9. The number of hydrogen-bond donors (Lipinski definition) is 1. The summed E-state index contributed by atoms with van der Waals surface area (Å²) >= 11 is 0.